The van der Waals surface area contributed by atoms with Crippen molar-refractivity contribution in [2.24, 2.45) is 0 Å². The van der Waals surface area contributed by atoms with Crippen LogP contribution in [0.15, 0.2) is 78.2 Å². The van der Waals surface area contributed by atoms with Gasteiger partial charge in [-0.1, -0.05) is 30.3 Å². The molecule has 5 nitrogen and oxygen atoms in total. The van der Waals surface area contributed by atoms with Crippen LogP contribution in [0.2, 0.25) is 0 Å². The molecule has 11 heteroatoms. The first-order valence-electron chi connectivity index (χ1n) is 11.3. The first-order valence-corrected chi connectivity index (χ1v) is 12.1. The molecule has 0 saturated carbocycles. The van der Waals surface area contributed by atoms with Crippen molar-refractivity contribution >= 4 is 23.2 Å². The van der Waals surface area contributed by atoms with E-state index in [1.807, 2.05) is 0 Å². The molecule has 1 aromatic heterocycles. The summed E-state index contributed by atoms with van der Waals surface area (Å²) < 4.78 is 66.1. The smallest absolute Gasteiger partial charge is 0.347 e. The zero-order chi connectivity index (χ0) is 27.3. The molecular formula is C27H20F5N3O2S. The highest BCUT2D eigenvalue weighted by Crippen LogP contribution is 2.30. The number of nitrogens with one attached hydrogen (secondary N) is 1. The van der Waals surface area contributed by atoms with E-state index in [0.29, 0.717) is 16.1 Å². The molecule has 0 atom stereocenters. The Morgan fingerprint density at radius 1 is 0.868 bits per heavy atom. The van der Waals surface area contributed by atoms with E-state index in [1.165, 1.54) is 64.9 Å². The Morgan fingerprint density at radius 3 is 2.13 bits per heavy atom. The van der Waals surface area contributed by atoms with Crippen molar-refractivity contribution in [1.29, 1.82) is 0 Å². The third kappa shape index (κ3) is 7.00. The second kappa shape index (κ2) is 11.5. The van der Waals surface area contributed by atoms with Crippen LogP contribution in [-0.4, -0.2) is 21.7 Å². The lowest BCUT2D eigenvalue weighted by atomic mass is 10.1. The summed E-state index contributed by atoms with van der Waals surface area (Å²) in [5.41, 5.74) is 0.212. The minimum atomic E-state index is -4.62. The Kier molecular flexibility index (Phi) is 8.16. The molecular weight excluding hydrogens is 525 g/mol. The quantitative estimate of drug-likeness (QED) is 0.268. The number of nitrogens with zero attached hydrogens (tertiary/aromatic N) is 2. The van der Waals surface area contributed by atoms with Gasteiger partial charge in [-0.15, -0.1) is 11.3 Å². The van der Waals surface area contributed by atoms with E-state index in [4.69, 9.17) is 0 Å². The highest BCUT2D eigenvalue weighted by atomic mass is 32.1. The molecule has 3 aromatic carbocycles. The lowest BCUT2D eigenvalue weighted by Gasteiger charge is -2.22. The lowest BCUT2D eigenvalue weighted by Crippen LogP contribution is -2.30. The van der Waals surface area contributed by atoms with E-state index in [1.54, 1.807) is 0 Å². The summed E-state index contributed by atoms with van der Waals surface area (Å²) in [7, 11) is 0. The van der Waals surface area contributed by atoms with E-state index < -0.39 is 35.2 Å². The van der Waals surface area contributed by atoms with Crippen LogP contribution in [0.5, 0.6) is 0 Å². The third-order valence-electron chi connectivity index (χ3n) is 5.49. The Labute approximate surface area is 218 Å². The van der Waals surface area contributed by atoms with Gasteiger partial charge in [-0.25, -0.2) is 13.8 Å². The molecule has 1 heterocycles. The Bertz CT molecular complexity index is 1420. The number of hydrogen-bond donors (Lipinski definition) is 1. The summed E-state index contributed by atoms with van der Waals surface area (Å²) >= 11 is 1.11. The van der Waals surface area contributed by atoms with Gasteiger partial charge in [0.15, 0.2) is 0 Å². The normalized spacial score (nSPS) is 11.3. The topological polar surface area (TPSA) is 62.3 Å². The fraction of sp³-hybridized carbons (Fsp3) is 0.148. The summed E-state index contributed by atoms with van der Waals surface area (Å²) in [5.74, 6) is -2.03. The van der Waals surface area contributed by atoms with Crippen LogP contribution < -0.4 is 5.32 Å². The fourth-order valence-corrected chi connectivity index (χ4v) is 4.34. The van der Waals surface area contributed by atoms with Gasteiger partial charge < -0.3 is 10.2 Å². The van der Waals surface area contributed by atoms with Gasteiger partial charge in [0.05, 0.1) is 12.1 Å². The second-order valence-electron chi connectivity index (χ2n) is 8.30. The maximum atomic E-state index is 13.4. The number of aromatic nitrogens is 1. The van der Waals surface area contributed by atoms with Crippen molar-refractivity contribution in [1.82, 2.24) is 15.2 Å². The lowest BCUT2D eigenvalue weighted by molar-refractivity contribution is -0.137. The Morgan fingerprint density at radius 2 is 1.50 bits per heavy atom. The van der Waals surface area contributed by atoms with Gasteiger partial charge >= 0.3 is 6.18 Å². The highest BCUT2D eigenvalue weighted by molar-refractivity contribution is 7.09. The predicted octanol–water partition coefficient (Wildman–Crippen LogP) is 6.21. The largest absolute Gasteiger partial charge is 0.416 e. The van der Waals surface area contributed by atoms with E-state index in [2.05, 4.69) is 10.3 Å². The maximum Gasteiger partial charge on any atom is 0.416 e. The molecule has 0 bridgehead atoms. The van der Waals surface area contributed by atoms with Gasteiger partial charge in [0.2, 0.25) is 0 Å². The number of amides is 2. The molecule has 0 aliphatic carbocycles. The zero-order valence-corrected chi connectivity index (χ0v) is 20.5. The minimum Gasteiger partial charge on any atom is -0.347 e. The molecule has 0 radical (unpaired) electrons. The van der Waals surface area contributed by atoms with E-state index >= 15 is 0 Å². The fourth-order valence-electron chi connectivity index (χ4n) is 3.55. The molecule has 4 aromatic rings. The SMILES string of the molecule is O=C(NCc1ccc(F)cc1)c1csc(CN(Cc2ccc(F)cc2)C(=O)c2cccc(C(F)(F)F)c2)n1. The number of hydrogen-bond acceptors (Lipinski definition) is 4. The van der Waals surface area contributed by atoms with Crippen molar-refractivity contribution in [2.45, 2.75) is 25.8 Å². The highest BCUT2D eigenvalue weighted by Gasteiger charge is 2.31. The van der Waals surface area contributed by atoms with Crippen LogP contribution in [0.25, 0.3) is 0 Å². The average molecular weight is 546 g/mol. The van der Waals surface area contributed by atoms with Crippen LogP contribution >= 0.6 is 11.3 Å². The standard InChI is InChI=1S/C27H20F5N3O2S/c28-21-8-4-17(5-9-21)13-33-25(36)23-16-38-24(34-23)15-35(14-18-6-10-22(29)11-7-18)26(37)19-2-1-3-20(12-19)27(30,31)32/h1-12,16H,13-15H2,(H,33,36). The van der Waals surface area contributed by atoms with Crippen LogP contribution in [0.1, 0.15) is 42.5 Å². The minimum absolute atomic E-state index is 0.0268. The molecule has 1 N–H and O–H groups in total. The van der Waals surface area contributed by atoms with Crippen molar-refractivity contribution in [3.63, 3.8) is 0 Å². The second-order valence-corrected chi connectivity index (χ2v) is 9.24. The first-order chi connectivity index (χ1) is 18.1. The van der Waals surface area contributed by atoms with Gasteiger partial charge in [-0.3, -0.25) is 9.59 Å². The van der Waals surface area contributed by atoms with Crippen molar-refractivity contribution in [3.8, 4) is 0 Å². The molecule has 38 heavy (non-hydrogen) atoms. The molecule has 2 amide bonds. The summed E-state index contributed by atoms with van der Waals surface area (Å²) in [6.07, 6.45) is -4.62. The molecule has 4 rings (SSSR count). The maximum absolute atomic E-state index is 13.4. The summed E-state index contributed by atoms with van der Waals surface area (Å²) in [5, 5.41) is 4.55. The number of benzene rings is 3. The molecule has 0 saturated heterocycles. The van der Waals surface area contributed by atoms with Crippen molar-refractivity contribution in [3.05, 3.63) is 123 Å². The third-order valence-corrected chi connectivity index (χ3v) is 6.32. The monoisotopic (exact) mass is 545 g/mol. The zero-order valence-electron chi connectivity index (χ0n) is 19.6. The Hall–Kier alpha value is -4.12. The molecule has 196 valence electrons. The van der Waals surface area contributed by atoms with Gasteiger partial charge in [0.25, 0.3) is 11.8 Å². The molecule has 0 unspecified atom stereocenters. The number of carbonyl (C=O) groups is 2. The van der Waals surface area contributed by atoms with Gasteiger partial charge in [-0.2, -0.15) is 13.2 Å². The number of carbonyl (C=O) groups excluding carboxylic acids is 2. The number of halogens is 5. The van der Waals surface area contributed by atoms with Crippen LogP contribution in [0.4, 0.5) is 22.0 Å². The molecule has 0 aliphatic rings. The van der Waals surface area contributed by atoms with Crippen LogP contribution in [0.3, 0.4) is 0 Å². The summed E-state index contributed by atoms with van der Waals surface area (Å²) in [6, 6.07) is 15.1. The van der Waals surface area contributed by atoms with Gasteiger partial charge in [0.1, 0.15) is 22.3 Å². The molecule has 0 aliphatic heterocycles. The van der Waals surface area contributed by atoms with Crippen LogP contribution in [-0.2, 0) is 25.8 Å². The predicted molar refractivity (Wildman–Crippen MR) is 131 cm³/mol. The van der Waals surface area contributed by atoms with Crippen molar-refractivity contribution in [2.75, 3.05) is 0 Å². The number of rotatable bonds is 8. The average Bonchev–Trinajstić information content (AvgIpc) is 3.37. The Balaban J connectivity index is 1.52. The van der Waals surface area contributed by atoms with Gasteiger partial charge in [0, 0.05) is 24.0 Å². The van der Waals surface area contributed by atoms with E-state index in [-0.39, 0.29) is 30.9 Å². The first kappa shape index (κ1) is 26.9. The number of thiazole rings is 1. The summed E-state index contributed by atoms with van der Waals surface area (Å²) in [6.45, 7) is 0.0279. The van der Waals surface area contributed by atoms with Crippen molar-refractivity contribution < 1.29 is 31.5 Å². The summed E-state index contributed by atoms with van der Waals surface area (Å²) in [4.78, 5) is 31.4. The van der Waals surface area contributed by atoms with Gasteiger partial charge in [-0.05, 0) is 53.6 Å². The van der Waals surface area contributed by atoms with Crippen LogP contribution in [0, 0.1) is 11.6 Å². The molecule has 0 fully saturated rings. The number of alkyl halides is 3. The van der Waals surface area contributed by atoms with E-state index in [0.717, 1.165) is 29.5 Å². The van der Waals surface area contributed by atoms with E-state index in [9.17, 15) is 31.5 Å². The molecule has 0 spiro atoms.